The molecule has 0 bridgehead atoms. The number of amides is 1. The Morgan fingerprint density at radius 3 is 2.48 bits per heavy atom. The summed E-state index contributed by atoms with van der Waals surface area (Å²) in [7, 11) is 0. The number of rotatable bonds is 4. The second-order valence-electron chi connectivity index (χ2n) is 6.02. The lowest BCUT2D eigenvalue weighted by atomic mass is 10.2. The van der Waals surface area contributed by atoms with Crippen LogP contribution in [0.15, 0.2) is 36.9 Å². The average Bonchev–Trinajstić information content (AvgIpc) is 3.13. The lowest BCUT2D eigenvalue weighted by Crippen LogP contribution is -2.49. The van der Waals surface area contributed by atoms with Gasteiger partial charge in [0.1, 0.15) is 12.7 Å². The molecule has 1 aliphatic heterocycles. The molecule has 0 radical (unpaired) electrons. The van der Waals surface area contributed by atoms with Crippen molar-refractivity contribution < 1.29 is 19.1 Å². The maximum Gasteiger partial charge on any atom is 0.338 e. The van der Waals surface area contributed by atoms with E-state index < -0.39 is 5.97 Å². The van der Waals surface area contributed by atoms with Gasteiger partial charge in [-0.05, 0) is 38.1 Å². The molecule has 25 heavy (non-hydrogen) atoms. The second kappa shape index (κ2) is 7.43. The summed E-state index contributed by atoms with van der Waals surface area (Å²) < 4.78 is 12.3. The first-order valence-electron chi connectivity index (χ1n) is 8.08. The van der Waals surface area contributed by atoms with Crippen molar-refractivity contribution in [2.24, 2.45) is 0 Å². The van der Waals surface area contributed by atoms with Crippen molar-refractivity contribution in [1.82, 2.24) is 19.7 Å². The molecule has 1 aliphatic rings. The Morgan fingerprint density at radius 2 is 1.88 bits per heavy atom. The van der Waals surface area contributed by atoms with Gasteiger partial charge in [-0.25, -0.2) is 14.5 Å². The van der Waals surface area contributed by atoms with Crippen LogP contribution in [0.4, 0.5) is 0 Å². The van der Waals surface area contributed by atoms with Gasteiger partial charge < -0.3 is 14.4 Å². The molecule has 0 spiro atoms. The van der Waals surface area contributed by atoms with E-state index in [1.54, 1.807) is 40.2 Å². The van der Waals surface area contributed by atoms with E-state index in [1.807, 2.05) is 13.8 Å². The molecule has 1 fully saturated rings. The number of hydrogen-bond acceptors (Lipinski definition) is 6. The first-order chi connectivity index (χ1) is 12.0. The van der Waals surface area contributed by atoms with E-state index in [2.05, 4.69) is 10.1 Å². The predicted molar refractivity (Wildman–Crippen MR) is 88.2 cm³/mol. The Bertz CT molecular complexity index is 720. The third-order valence-electron chi connectivity index (χ3n) is 3.89. The van der Waals surface area contributed by atoms with Gasteiger partial charge in [0.25, 0.3) is 5.91 Å². The summed E-state index contributed by atoms with van der Waals surface area (Å²) in [6, 6.07) is 6.72. The maximum absolute atomic E-state index is 12.2. The minimum atomic E-state index is -0.534. The van der Waals surface area contributed by atoms with Gasteiger partial charge in [-0.2, -0.15) is 5.10 Å². The monoisotopic (exact) mass is 344 g/mol. The number of hydrogen-bond donors (Lipinski definition) is 0. The summed E-state index contributed by atoms with van der Waals surface area (Å²) >= 11 is 0. The number of ether oxygens (including phenoxy) is 2. The minimum Gasteiger partial charge on any atom is -0.452 e. The van der Waals surface area contributed by atoms with Gasteiger partial charge in [0, 0.05) is 13.1 Å². The molecule has 1 amide bonds. The van der Waals surface area contributed by atoms with Crippen LogP contribution >= 0.6 is 0 Å². The molecule has 3 rings (SSSR count). The zero-order valence-corrected chi connectivity index (χ0v) is 14.2. The second-order valence-corrected chi connectivity index (χ2v) is 6.02. The van der Waals surface area contributed by atoms with Crippen molar-refractivity contribution in [2.75, 3.05) is 19.7 Å². The fourth-order valence-corrected chi connectivity index (χ4v) is 2.78. The summed E-state index contributed by atoms with van der Waals surface area (Å²) in [6.07, 6.45) is 2.96. The Labute approximate surface area is 145 Å². The molecule has 2 heterocycles. The highest BCUT2D eigenvalue weighted by Crippen LogP contribution is 2.12. The molecular formula is C17H20N4O4. The topological polar surface area (TPSA) is 86.6 Å². The average molecular weight is 344 g/mol. The molecule has 132 valence electrons. The van der Waals surface area contributed by atoms with E-state index in [4.69, 9.17) is 9.47 Å². The van der Waals surface area contributed by atoms with Crippen LogP contribution in [0, 0.1) is 0 Å². The smallest absolute Gasteiger partial charge is 0.338 e. The van der Waals surface area contributed by atoms with Crippen LogP contribution in [0.2, 0.25) is 0 Å². The molecule has 2 aromatic rings. The number of aromatic nitrogens is 3. The van der Waals surface area contributed by atoms with Gasteiger partial charge in [-0.3, -0.25) is 4.79 Å². The van der Waals surface area contributed by atoms with Gasteiger partial charge in [-0.15, -0.1) is 0 Å². The third-order valence-corrected chi connectivity index (χ3v) is 3.89. The van der Waals surface area contributed by atoms with Gasteiger partial charge >= 0.3 is 5.97 Å². The molecule has 0 N–H and O–H groups in total. The van der Waals surface area contributed by atoms with Crippen LogP contribution in [0.3, 0.4) is 0 Å². The Hall–Kier alpha value is -2.74. The molecule has 1 aromatic heterocycles. The summed E-state index contributed by atoms with van der Waals surface area (Å²) in [5.41, 5.74) is 1.15. The van der Waals surface area contributed by atoms with Crippen LogP contribution < -0.4 is 0 Å². The highest BCUT2D eigenvalue weighted by Gasteiger charge is 2.26. The number of esters is 1. The predicted octanol–water partition coefficient (Wildman–Crippen LogP) is 1.06. The van der Waals surface area contributed by atoms with Gasteiger partial charge in [0.05, 0.1) is 23.5 Å². The van der Waals surface area contributed by atoms with E-state index in [0.717, 1.165) is 5.69 Å². The molecule has 0 saturated carbocycles. The van der Waals surface area contributed by atoms with Crippen molar-refractivity contribution in [1.29, 1.82) is 0 Å². The highest BCUT2D eigenvalue weighted by molar-refractivity contribution is 5.91. The molecule has 0 unspecified atom stereocenters. The van der Waals surface area contributed by atoms with Crippen molar-refractivity contribution >= 4 is 11.9 Å². The molecule has 8 heteroatoms. The molecule has 2 atom stereocenters. The third kappa shape index (κ3) is 4.21. The number of benzene rings is 1. The molecule has 1 saturated heterocycles. The molecular weight excluding hydrogens is 324 g/mol. The van der Waals surface area contributed by atoms with Gasteiger partial charge in [0.2, 0.25) is 0 Å². The highest BCUT2D eigenvalue weighted by atomic mass is 16.5. The van der Waals surface area contributed by atoms with E-state index in [-0.39, 0.29) is 24.7 Å². The summed E-state index contributed by atoms with van der Waals surface area (Å²) in [6.45, 7) is 4.57. The summed E-state index contributed by atoms with van der Waals surface area (Å²) in [4.78, 5) is 29.9. The zero-order valence-electron chi connectivity index (χ0n) is 14.2. The van der Waals surface area contributed by atoms with Crippen LogP contribution in [0.1, 0.15) is 24.2 Å². The standard InChI is InChI=1S/C17H20N4O4/c1-12-7-20(8-13(2)25-12)16(22)9-24-17(23)14-3-5-15(6-4-14)21-11-18-10-19-21/h3-6,10-13H,7-9H2,1-2H3/t12-,13+. The Kier molecular flexibility index (Phi) is 5.08. The fourth-order valence-electron chi connectivity index (χ4n) is 2.78. The SMILES string of the molecule is C[C@@H]1CN(C(=O)COC(=O)c2ccc(-n3cncn3)cc2)C[C@H](C)O1. The first-order valence-corrected chi connectivity index (χ1v) is 8.08. The van der Waals surface area contributed by atoms with Crippen molar-refractivity contribution in [3.05, 3.63) is 42.5 Å². The normalized spacial score (nSPS) is 20.3. The number of carbonyl (C=O) groups excluding carboxylic acids is 2. The quantitative estimate of drug-likeness (QED) is 0.771. The minimum absolute atomic E-state index is 0.0206. The number of morpholine rings is 1. The summed E-state index contributed by atoms with van der Waals surface area (Å²) in [5, 5.41) is 4.01. The fraction of sp³-hybridized carbons (Fsp3) is 0.412. The zero-order chi connectivity index (χ0) is 17.8. The lowest BCUT2D eigenvalue weighted by Gasteiger charge is -2.35. The number of carbonyl (C=O) groups is 2. The first kappa shape index (κ1) is 17.1. The number of nitrogens with zero attached hydrogens (tertiary/aromatic N) is 4. The van der Waals surface area contributed by atoms with Crippen molar-refractivity contribution in [3.8, 4) is 5.69 Å². The van der Waals surface area contributed by atoms with Crippen LogP contribution in [0.25, 0.3) is 5.69 Å². The largest absolute Gasteiger partial charge is 0.452 e. The van der Waals surface area contributed by atoms with Gasteiger partial charge in [-0.1, -0.05) is 0 Å². The van der Waals surface area contributed by atoms with Crippen molar-refractivity contribution in [3.63, 3.8) is 0 Å². The Morgan fingerprint density at radius 1 is 1.20 bits per heavy atom. The molecule has 8 nitrogen and oxygen atoms in total. The lowest BCUT2D eigenvalue weighted by molar-refractivity contribution is -0.146. The van der Waals surface area contributed by atoms with Gasteiger partial charge in [0.15, 0.2) is 6.61 Å². The maximum atomic E-state index is 12.2. The molecule has 0 aliphatic carbocycles. The van der Waals surface area contributed by atoms with Crippen LogP contribution in [0.5, 0.6) is 0 Å². The van der Waals surface area contributed by atoms with E-state index >= 15 is 0 Å². The van der Waals surface area contributed by atoms with E-state index in [9.17, 15) is 9.59 Å². The van der Waals surface area contributed by atoms with Crippen molar-refractivity contribution in [2.45, 2.75) is 26.1 Å². The van der Waals surface area contributed by atoms with Crippen LogP contribution in [-0.2, 0) is 14.3 Å². The van der Waals surface area contributed by atoms with E-state index in [1.165, 1.54) is 6.33 Å². The van der Waals surface area contributed by atoms with E-state index in [0.29, 0.717) is 18.7 Å². The van der Waals surface area contributed by atoms with Crippen LogP contribution in [-0.4, -0.2) is 63.4 Å². The Balaban J connectivity index is 1.54. The molecule has 1 aromatic carbocycles. The summed E-state index contributed by atoms with van der Waals surface area (Å²) in [5.74, 6) is -0.748.